The molecule has 0 bridgehead atoms. The summed E-state index contributed by atoms with van der Waals surface area (Å²) in [6.45, 7) is 5.34. The summed E-state index contributed by atoms with van der Waals surface area (Å²) in [5.41, 5.74) is -0.558. The number of carbonyl (C=O) groups excluding carboxylic acids is 1. The summed E-state index contributed by atoms with van der Waals surface area (Å²) in [4.78, 5) is 10.9. The van der Waals surface area contributed by atoms with Gasteiger partial charge in [0.25, 0.3) is 0 Å². The molecule has 0 aliphatic heterocycles. The Morgan fingerprint density at radius 1 is 1.29 bits per heavy atom. The van der Waals surface area contributed by atoms with E-state index in [0.29, 0.717) is 6.42 Å². The second kappa shape index (κ2) is 4.66. The molecule has 1 N–H and O–H groups in total. The highest BCUT2D eigenvalue weighted by Gasteiger charge is 2.32. The van der Waals surface area contributed by atoms with Gasteiger partial charge in [-0.3, -0.25) is 4.79 Å². The van der Waals surface area contributed by atoms with E-state index < -0.39 is 24.0 Å². The van der Waals surface area contributed by atoms with Crippen molar-refractivity contribution in [1.82, 2.24) is 5.32 Å². The van der Waals surface area contributed by atoms with Crippen molar-refractivity contribution in [2.75, 3.05) is 0 Å². The first-order valence-corrected chi connectivity index (χ1v) is 4.54. The van der Waals surface area contributed by atoms with Gasteiger partial charge in [-0.15, -0.1) is 0 Å². The molecule has 2 nitrogen and oxygen atoms in total. The predicted octanol–water partition coefficient (Wildman–Crippen LogP) is 2.63. The second-order valence-corrected chi connectivity index (χ2v) is 3.97. The molecule has 14 heavy (non-hydrogen) atoms. The van der Waals surface area contributed by atoms with Crippen LogP contribution >= 0.6 is 0 Å². The standard InChI is InChI=1S/C9H16F3NO/c1-4-5-8(2,3)13-7(14)6-9(10,11)12/h4-6H2,1-3H3,(H,13,14). The molecule has 0 heterocycles. The van der Waals surface area contributed by atoms with E-state index in [1.54, 1.807) is 13.8 Å². The van der Waals surface area contributed by atoms with E-state index in [-0.39, 0.29) is 0 Å². The van der Waals surface area contributed by atoms with Crippen molar-refractivity contribution in [3.05, 3.63) is 0 Å². The van der Waals surface area contributed by atoms with Gasteiger partial charge >= 0.3 is 6.18 Å². The molecule has 0 aliphatic carbocycles. The van der Waals surface area contributed by atoms with Crippen LogP contribution < -0.4 is 5.32 Å². The summed E-state index contributed by atoms with van der Waals surface area (Å²) in [5.74, 6) is -0.962. The number of rotatable bonds is 4. The van der Waals surface area contributed by atoms with Crippen molar-refractivity contribution in [1.29, 1.82) is 0 Å². The summed E-state index contributed by atoms with van der Waals surface area (Å²) in [5, 5.41) is 2.35. The minimum atomic E-state index is -4.42. The van der Waals surface area contributed by atoms with Gasteiger partial charge in [-0.1, -0.05) is 13.3 Å². The van der Waals surface area contributed by atoms with Crippen LogP contribution in [0.3, 0.4) is 0 Å². The van der Waals surface area contributed by atoms with Crippen molar-refractivity contribution >= 4 is 5.91 Å². The molecule has 0 atom stereocenters. The lowest BCUT2D eigenvalue weighted by atomic mass is 9.99. The number of carbonyl (C=O) groups is 1. The Kier molecular flexibility index (Phi) is 4.42. The zero-order valence-electron chi connectivity index (χ0n) is 8.66. The number of amides is 1. The third-order valence-electron chi connectivity index (χ3n) is 1.71. The Labute approximate surface area is 81.9 Å². The molecule has 0 radical (unpaired) electrons. The summed E-state index contributed by atoms with van der Waals surface area (Å²) in [7, 11) is 0. The smallest absolute Gasteiger partial charge is 0.351 e. The van der Waals surface area contributed by atoms with E-state index in [1.165, 1.54) is 0 Å². The van der Waals surface area contributed by atoms with Crippen LogP contribution in [-0.2, 0) is 4.79 Å². The van der Waals surface area contributed by atoms with E-state index in [1.807, 2.05) is 6.92 Å². The van der Waals surface area contributed by atoms with E-state index in [2.05, 4.69) is 5.32 Å². The highest BCUT2D eigenvalue weighted by molar-refractivity contribution is 5.77. The van der Waals surface area contributed by atoms with Gasteiger partial charge in [-0.05, 0) is 20.3 Å². The van der Waals surface area contributed by atoms with Crippen molar-refractivity contribution < 1.29 is 18.0 Å². The van der Waals surface area contributed by atoms with Crippen molar-refractivity contribution in [2.24, 2.45) is 0 Å². The minimum absolute atomic E-state index is 0.558. The number of alkyl halides is 3. The second-order valence-electron chi connectivity index (χ2n) is 3.97. The molecular formula is C9H16F3NO. The number of halogens is 3. The first kappa shape index (κ1) is 13.3. The minimum Gasteiger partial charge on any atom is -0.351 e. The maximum Gasteiger partial charge on any atom is 0.397 e. The molecule has 0 unspecified atom stereocenters. The molecule has 0 aromatic heterocycles. The lowest BCUT2D eigenvalue weighted by Crippen LogP contribution is -2.44. The summed E-state index contributed by atoms with van der Waals surface area (Å²) >= 11 is 0. The molecule has 0 fully saturated rings. The monoisotopic (exact) mass is 211 g/mol. The van der Waals surface area contributed by atoms with Crippen molar-refractivity contribution in [3.63, 3.8) is 0 Å². The lowest BCUT2D eigenvalue weighted by molar-refractivity contribution is -0.154. The third-order valence-corrected chi connectivity index (χ3v) is 1.71. The molecule has 0 aromatic carbocycles. The van der Waals surface area contributed by atoms with Crippen LogP contribution in [-0.4, -0.2) is 17.6 Å². The van der Waals surface area contributed by atoms with Crippen molar-refractivity contribution in [3.8, 4) is 0 Å². The van der Waals surface area contributed by atoms with E-state index in [4.69, 9.17) is 0 Å². The maximum absolute atomic E-state index is 11.8. The van der Waals surface area contributed by atoms with E-state index >= 15 is 0 Å². The molecule has 0 spiro atoms. The topological polar surface area (TPSA) is 29.1 Å². The zero-order chi connectivity index (χ0) is 11.4. The molecule has 0 saturated carbocycles. The van der Waals surface area contributed by atoms with Crippen molar-refractivity contribution in [2.45, 2.75) is 51.7 Å². The largest absolute Gasteiger partial charge is 0.397 e. The van der Waals surface area contributed by atoms with Gasteiger partial charge in [-0.25, -0.2) is 0 Å². The first-order valence-electron chi connectivity index (χ1n) is 4.54. The van der Waals surface area contributed by atoms with Gasteiger partial charge in [0.1, 0.15) is 6.42 Å². The SMILES string of the molecule is CCCC(C)(C)NC(=O)CC(F)(F)F. The summed E-state index contributed by atoms with van der Waals surface area (Å²) < 4.78 is 35.4. The Bertz CT molecular complexity index is 199. The zero-order valence-corrected chi connectivity index (χ0v) is 8.66. The third kappa shape index (κ3) is 6.74. The fourth-order valence-electron chi connectivity index (χ4n) is 1.29. The number of hydrogen-bond acceptors (Lipinski definition) is 1. The number of hydrogen-bond donors (Lipinski definition) is 1. The fourth-order valence-corrected chi connectivity index (χ4v) is 1.29. The van der Waals surface area contributed by atoms with Gasteiger partial charge in [0.2, 0.25) is 5.91 Å². The van der Waals surface area contributed by atoms with Gasteiger partial charge in [0, 0.05) is 5.54 Å². The highest BCUT2D eigenvalue weighted by atomic mass is 19.4. The fraction of sp³-hybridized carbons (Fsp3) is 0.889. The Morgan fingerprint density at radius 2 is 1.79 bits per heavy atom. The normalized spacial score (nSPS) is 12.7. The molecule has 0 rings (SSSR count). The predicted molar refractivity (Wildman–Crippen MR) is 47.8 cm³/mol. The summed E-state index contributed by atoms with van der Waals surface area (Å²) in [6, 6.07) is 0. The van der Waals surface area contributed by atoms with Crippen LogP contribution in [0.15, 0.2) is 0 Å². The Morgan fingerprint density at radius 3 is 2.14 bits per heavy atom. The van der Waals surface area contributed by atoms with Gasteiger partial charge in [0.05, 0.1) is 0 Å². The average Bonchev–Trinajstić information content (AvgIpc) is 1.78. The lowest BCUT2D eigenvalue weighted by Gasteiger charge is -2.25. The molecule has 1 amide bonds. The molecule has 0 aliphatic rings. The van der Waals surface area contributed by atoms with Gasteiger partial charge in [-0.2, -0.15) is 13.2 Å². The van der Waals surface area contributed by atoms with Gasteiger partial charge in [0.15, 0.2) is 0 Å². The van der Waals surface area contributed by atoms with Crippen LogP contribution in [0, 0.1) is 0 Å². The molecule has 0 aromatic rings. The van der Waals surface area contributed by atoms with Crippen LogP contribution in [0.4, 0.5) is 13.2 Å². The van der Waals surface area contributed by atoms with E-state index in [9.17, 15) is 18.0 Å². The Hall–Kier alpha value is -0.740. The molecular weight excluding hydrogens is 195 g/mol. The highest BCUT2D eigenvalue weighted by Crippen LogP contribution is 2.20. The molecule has 5 heteroatoms. The van der Waals surface area contributed by atoms with Crippen LogP contribution in [0.1, 0.15) is 40.0 Å². The van der Waals surface area contributed by atoms with Crippen LogP contribution in [0.5, 0.6) is 0 Å². The molecule has 84 valence electrons. The van der Waals surface area contributed by atoms with E-state index in [0.717, 1.165) is 6.42 Å². The van der Waals surface area contributed by atoms with Gasteiger partial charge < -0.3 is 5.32 Å². The quantitative estimate of drug-likeness (QED) is 0.761. The maximum atomic E-state index is 11.8. The van der Waals surface area contributed by atoms with Crippen LogP contribution in [0.25, 0.3) is 0 Å². The molecule has 0 saturated heterocycles. The van der Waals surface area contributed by atoms with Crippen LogP contribution in [0.2, 0.25) is 0 Å². The average molecular weight is 211 g/mol. The first-order chi connectivity index (χ1) is 6.16. The Balaban J connectivity index is 4.06. The number of nitrogens with one attached hydrogen (secondary N) is 1. The summed E-state index contributed by atoms with van der Waals surface area (Å²) in [6.07, 6.45) is -4.34.